The molecule has 3 heteroatoms. The van der Waals surface area contributed by atoms with E-state index in [1.54, 1.807) is 0 Å². The highest BCUT2D eigenvalue weighted by Crippen LogP contribution is 2.43. The Morgan fingerprint density at radius 2 is 1.64 bits per heavy atom. The van der Waals surface area contributed by atoms with Crippen LogP contribution in [0.2, 0.25) is 0 Å². The van der Waals surface area contributed by atoms with Crippen LogP contribution in [0.15, 0.2) is 48.7 Å². The highest BCUT2D eigenvalue weighted by molar-refractivity contribution is 5.88. The fourth-order valence-electron chi connectivity index (χ4n) is 4.29. The van der Waals surface area contributed by atoms with Crippen LogP contribution in [0.5, 0.6) is 5.75 Å². The SMILES string of the molecule is CC(C)(C)c1cc2c(c(C(C)(C)C)c1)O[C@@H]1[N+](=C2)c2cccc3ccc[n+]1c23. The van der Waals surface area contributed by atoms with Gasteiger partial charge in [0.2, 0.25) is 0 Å². The largest absolute Gasteiger partial charge is 0.517 e. The molecule has 0 radical (unpaired) electrons. The number of para-hydroxylation sites is 1. The van der Waals surface area contributed by atoms with Crippen molar-refractivity contribution in [2.24, 2.45) is 0 Å². The monoisotopic (exact) mass is 372 g/mol. The number of aromatic nitrogens is 1. The molecule has 0 bridgehead atoms. The third-order valence-electron chi connectivity index (χ3n) is 5.87. The first-order valence-electron chi connectivity index (χ1n) is 10.1. The molecule has 0 amide bonds. The molecule has 0 saturated heterocycles. The second-order valence-electron chi connectivity index (χ2n) is 10.1. The van der Waals surface area contributed by atoms with Gasteiger partial charge in [-0.25, -0.2) is 0 Å². The summed E-state index contributed by atoms with van der Waals surface area (Å²) in [5.41, 5.74) is 6.30. The van der Waals surface area contributed by atoms with Gasteiger partial charge in [0.05, 0.1) is 10.9 Å². The number of fused-ring (bicyclic) bond motifs is 4. The zero-order valence-electron chi connectivity index (χ0n) is 17.6. The minimum atomic E-state index is -0.171. The van der Waals surface area contributed by atoms with E-state index in [-0.39, 0.29) is 17.2 Å². The van der Waals surface area contributed by atoms with Crippen molar-refractivity contribution in [1.29, 1.82) is 0 Å². The standard InChI is InChI=1S/C25H28N2O/c1-24(2,3)18-13-17-15-27-20-11-7-9-16-10-8-12-26(21(16)20)23(27)28-22(17)19(14-18)25(4,5)6/h7-15,23H,1-6H3/q+2/t23-/m0/s1. The van der Waals surface area contributed by atoms with Gasteiger partial charge < -0.3 is 4.74 Å². The van der Waals surface area contributed by atoms with E-state index < -0.39 is 0 Å². The molecule has 1 atom stereocenters. The molecule has 5 rings (SSSR count). The average molecular weight is 373 g/mol. The lowest BCUT2D eigenvalue weighted by atomic mass is 9.79. The van der Waals surface area contributed by atoms with Gasteiger partial charge in [-0.3, -0.25) is 0 Å². The fourth-order valence-corrected chi connectivity index (χ4v) is 4.29. The van der Waals surface area contributed by atoms with Crippen LogP contribution in [-0.4, -0.2) is 10.8 Å². The summed E-state index contributed by atoms with van der Waals surface area (Å²) < 4.78 is 11.2. The smallest absolute Gasteiger partial charge is 0.379 e. The van der Waals surface area contributed by atoms with Crippen LogP contribution in [0.4, 0.5) is 5.69 Å². The third kappa shape index (κ3) is 2.42. The summed E-state index contributed by atoms with van der Waals surface area (Å²) in [7, 11) is 0. The first-order valence-corrected chi connectivity index (χ1v) is 10.1. The summed E-state index contributed by atoms with van der Waals surface area (Å²) >= 11 is 0. The molecule has 2 aliphatic rings. The predicted octanol–water partition coefficient (Wildman–Crippen LogP) is 5.35. The Kier molecular flexibility index (Phi) is 3.38. The Bertz CT molecular complexity index is 1150. The Morgan fingerprint density at radius 3 is 2.36 bits per heavy atom. The van der Waals surface area contributed by atoms with Crippen molar-refractivity contribution in [3.8, 4) is 5.75 Å². The van der Waals surface area contributed by atoms with E-state index >= 15 is 0 Å². The maximum Gasteiger partial charge on any atom is 0.517 e. The van der Waals surface area contributed by atoms with Crippen LogP contribution in [0, 0.1) is 0 Å². The van der Waals surface area contributed by atoms with Gasteiger partial charge in [-0.1, -0.05) is 62.8 Å². The van der Waals surface area contributed by atoms with Gasteiger partial charge in [-0.05, 0) is 34.6 Å². The minimum Gasteiger partial charge on any atom is -0.379 e. The van der Waals surface area contributed by atoms with Crippen molar-refractivity contribution in [3.63, 3.8) is 0 Å². The van der Waals surface area contributed by atoms with Gasteiger partial charge in [0.15, 0.2) is 18.2 Å². The number of nitrogens with zero attached hydrogens (tertiary/aromatic N) is 2. The Morgan fingerprint density at radius 1 is 0.893 bits per heavy atom. The molecule has 0 N–H and O–H groups in total. The lowest BCUT2D eigenvalue weighted by molar-refractivity contribution is -0.861. The quantitative estimate of drug-likeness (QED) is 0.486. The van der Waals surface area contributed by atoms with E-state index in [9.17, 15) is 0 Å². The topological polar surface area (TPSA) is 16.1 Å². The van der Waals surface area contributed by atoms with E-state index in [0.717, 1.165) is 5.75 Å². The second kappa shape index (κ2) is 5.44. The first kappa shape index (κ1) is 17.4. The zero-order valence-corrected chi connectivity index (χ0v) is 17.6. The number of pyridine rings is 1. The lowest BCUT2D eigenvalue weighted by Gasteiger charge is -2.29. The van der Waals surface area contributed by atoms with Gasteiger partial charge >= 0.3 is 6.35 Å². The maximum atomic E-state index is 6.71. The molecule has 28 heavy (non-hydrogen) atoms. The molecule has 1 aromatic heterocycles. The Labute approximate surface area is 166 Å². The van der Waals surface area contributed by atoms with Crippen molar-refractivity contribution in [2.45, 2.75) is 58.7 Å². The van der Waals surface area contributed by atoms with Crippen LogP contribution in [-0.2, 0) is 10.8 Å². The van der Waals surface area contributed by atoms with Crippen molar-refractivity contribution in [3.05, 3.63) is 65.4 Å². The fraction of sp³-hybridized carbons (Fsp3) is 0.360. The predicted molar refractivity (Wildman–Crippen MR) is 113 cm³/mol. The number of rotatable bonds is 0. The van der Waals surface area contributed by atoms with Crippen LogP contribution in [0.1, 0.15) is 64.6 Å². The van der Waals surface area contributed by atoms with E-state index in [4.69, 9.17) is 4.74 Å². The molecule has 0 fully saturated rings. The van der Waals surface area contributed by atoms with E-state index in [1.807, 2.05) is 0 Å². The summed E-state index contributed by atoms with van der Waals surface area (Å²) in [5.74, 6) is 1.01. The molecule has 0 aliphatic carbocycles. The number of hydrogen-bond acceptors (Lipinski definition) is 1. The maximum absolute atomic E-state index is 6.71. The van der Waals surface area contributed by atoms with Crippen molar-refractivity contribution in [1.82, 2.24) is 0 Å². The van der Waals surface area contributed by atoms with Crippen LogP contribution < -0.4 is 9.30 Å². The van der Waals surface area contributed by atoms with E-state index in [0.29, 0.717) is 0 Å². The van der Waals surface area contributed by atoms with Crippen LogP contribution >= 0.6 is 0 Å². The van der Waals surface area contributed by atoms with E-state index in [1.165, 1.54) is 33.3 Å². The molecule has 0 saturated carbocycles. The highest BCUT2D eigenvalue weighted by atomic mass is 16.5. The molecule has 3 heterocycles. The summed E-state index contributed by atoms with van der Waals surface area (Å²) in [6.45, 7) is 13.6. The molecule has 0 spiro atoms. The summed E-state index contributed by atoms with van der Waals surface area (Å²) in [6, 6.07) is 15.4. The Balaban J connectivity index is 1.79. The van der Waals surface area contributed by atoms with Gasteiger partial charge in [-0.15, -0.1) is 0 Å². The third-order valence-corrected chi connectivity index (χ3v) is 5.87. The minimum absolute atomic E-state index is 0.00346. The van der Waals surface area contributed by atoms with Crippen LogP contribution in [0.3, 0.4) is 0 Å². The van der Waals surface area contributed by atoms with Gasteiger partial charge in [0.25, 0.3) is 11.2 Å². The number of ether oxygens (including phenoxy) is 1. The molecule has 2 aromatic carbocycles. The van der Waals surface area contributed by atoms with Gasteiger partial charge in [0.1, 0.15) is 0 Å². The van der Waals surface area contributed by atoms with Crippen molar-refractivity contribution < 1.29 is 13.9 Å². The first-order chi connectivity index (χ1) is 13.1. The summed E-state index contributed by atoms with van der Waals surface area (Å²) in [6.07, 6.45) is 4.22. The Hall–Kier alpha value is -2.68. The average Bonchev–Trinajstić information content (AvgIpc) is 2.93. The highest BCUT2D eigenvalue weighted by Gasteiger charge is 2.49. The normalized spacial score (nSPS) is 17.8. The van der Waals surface area contributed by atoms with Crippen molar-refractivity contribution in [2.75, 3.05) is 0 Å². The lowest BCUT2D eigenvalue weighted by Crippen LogP contribution is -2.45. The second-order valence-corrected chi connectivity index (χ2v) is 10.1. The molecular weight excluding hydrogens is 344 g/mol. The summed E-state index contributed by atoms with van der Waals surface area (Å²) in [5, 5.41) is 1.24. The zero-order chi connectivity index (χ0) is 19.8. The van der Waals surface area contributed by atoms with Gasteiger partial charge in [0, 0.05) is 17.7 Å². The van der Waals surface area contributed by atoms with E-state index in [2.05, 4.69) is 106 Å². The molecule has 0 unspecified atom stereocenters. The molecule has 142 valence electrons. The van der Waals surface area contributed by atoms with Crippen molar-refractivity contribution >= 4 is 22.8 Å². The molecule has 2 aliphatic heterocycles. The van der Waals surface area contributed by atoms with Crippen LogP contribution in [0.25, 0.3) is 10.9 Å². The molecule has 3 aromatic rings. The molecular formula is C25H28N2O+2. The number of benzene rings is 2. The number of hydrogen-bond donors (Lipinski definition) is 0. The molecule has 3 nitrogen and oxygen atoms in total. The summed E-state index contributed by atoms with van der Waals surface area (Å²) in [4.78, 5) is 0. The van der Waals surface area contributed by atoms with Gasteiger partial charge in [-0.2, -0.15) is 0 Å².